The predicted molar refractivity (Wildman–Crippen MR) is 72.6 cm³/mol. The number of hydrogen-bond donors (Lipinski definition) is 2. The van der Waals surface area contributed by atoms with Gasteiger partial charge in [0.15, 0.2) is 0 Å². The number of amides is 1. The Hall–Kier alpha value is -1.06. The molecule has 0 heterocycles. The molecular formula is C15H25NO3. The summed E-state index contributed by atoms with van der Waals surface area (Å²) < 4.78 is 0. The van der Waals surface area contributed by atoms with Gasteiger partial charge in [-0.05, 0) is 31.6 Å². The molecule has 0 aliphatic heterocycles. The number of carbonyl (C=O) groups excluding carboxylic acids is 1. The molecule has 4 nitrogen and oxygen atoms in total. The highest BCUT2D eigenvalue weighted by Gasteiger charge is 2.39. The largest absolute Gasteiger partial charge is 0.481 e. The molecule has 19 heavy (non-hydrogen) atoms. The van der Waals surface area contributed by atoms with Crippen LogP contribution in [-0.4, -0.2) is 23.0 Å². The average Bonchev–Trinajstić information content (AvgIpc) is 2.88. The van der Waals surface area contributed by atoms with E-state index in [9.17, 15) is 9.59 Å². The van der Waals surface area contributed by atoms with Gasteiger partial charge in [-0.25, -0.2) is 0 Å². The molecule has 0 radical (unpaired) electrons. The molecule has 108 valence electrons. The van der Waals surface area contributed by atoms with E-state index >= 15 is 0 Å². The minimum Gasteiger partial charge on any atom is -0.481 e. The molecule has 4 heteroatoms. The van der Waals surface area contributed by atoms with Crippen LogP contribution in [0.4, 0.5) is 0 Å². The summed E-state index contributed by atoms with van der Waals surface area (Å²) in [6.45, 7) is 2.17. The van der Waals surface area contributed by atoms with Gasteiger partial charge in [-0.1, -0.05) is 32.6 Å². The number of carbonyl (C=O) groups is 2. The van der Waals surface area contributed by atoms with E-state index in [0.717, 1.165) is 25.7 Å². The molecule has 0 saturated heterocycles. The Morgan fingerprint density at radius 1 is 1.05 bits per heavy atom. The van der Waals surface area contributed by atoms with Crippen molar-refractivity contribution in [1.29, 1.82) is 0 Å². The normalized spacial score (nSPS) is 35.0. The first-order valence-corrected chi connectivity index (χ1v) is 7.66. The number of nitrogens with one attached hydrogen (secondary N) is 1. The number of carboxylic acid groups (broad SMARTS) is 1. The topological polar surface area (TPSA) is 66.4 Å². The SMILES string of the molecule is CCC1CCCCC1NC(=O)C1CCCC1C(=O)O. The van der Waals surface area contributed by atoms with Crippen LogP contribution in [0.5, 0.6) is 0 Å². The molecule has 2 aliphatic carbocycles. The Bertz CT molecular complexity index is 342. The van der Waals surface area contributed by atoms with Crippen molar-refractivity contribution in [1.82, 2.24) is 5.32 Å². The summed E-state index contributed by atoms with van der Waals surface area (Å²) in [5.74, 6) is -1.04. The summed E-state index contributed by atoms with van der Waals surface area (Å²) in [6, 6.07) is 0.265. The van der Waals surface area contributed by atoms with E-state index in [2.05, 4.69) is 12.2 Å². The third kappa shape index (κ3) is 3.28. The molecule has 2 aliphatic rings. The highest BCUT2D eigenvalue weighted by Crippen LogP contribution is 2.33. The zero-order valence-electron chi connectivity index (χ0n) is 11.7. The van der Waals surface area contributed by atoms with Crippen LogP contribution in [0.25, 0.3) is 0 Å². The molecule has 4 atom stereocenters. The molecular weight excluding hydrogens is 242 g/mol. The highest BCUT2D eigenvalue weighted by atomic mass is 16.4. The summed E-state index contributed by atoms with van der Waals surface area (Å²) in [5.41, 5.74) is 0. The molecule has 2 rings (SSSR count). The molecule has 2 N–H and O–H groups in total. The van der Waals surface area contributed by atoms with Crippen molar-refractivity contribution in [3.8, 4) is 0 Å². The van der Waals surface area contributed by atoms with Gasteiger partial charge in [-0.15, -0.1) is 0 Å². The standard InChI is InChI=1S/C15H25NO3/c1-2-10-6-3-4-9-13(10)16-14(17)11-7-5-8-12(11)15(18)19/h10-13H,2-9H2,1H3,(H,16,17)(H,18,19). The minimum absolute atomic E-state index is 0.0183. The van der Waals surface area contributed by atoms with Crippen molar-refractivity contribution in [2.24, 2.45) is 17.8 Å². The smallest absolute Gasteiger partial charge is 0.307 e. The molecule has 0 aromatic heterocycles. The minimum atomic E-state index is -0.812. The van der Waals surface area contributed by atoms with Gasteiger partial charge in [-0.3, -0.25) is 9.59 Å². The molecule has 0 aromatic rings. The third-order valence-electron chi connectivity index (χ3n) is 4.93. The monoisotopic (exact) mass is 267 g/mol. The third-order valence-corrected chi connectivity index (χ3v) is 4.93. The van der Waals surface area contributed by atoms with Crippen molar-refractivity contribution >= 4 is 11.9 Å². The van der Waals surface area contributed by atoms with Crippen molar-refractivity contribution in [2.75, 3.05) is 0 Å². The molecule has 0 spiro atoms. The Morgan fingerprint density at radius 2 is 1.74 bits per heavy atom. The van der Waals surface area contributed by atoms with E-state index in [4.69, 9.17) is 5.11 Å². The van der Waals surface area contributed by atoms with Gasteiger partial charge in [0.05, 0.1) is 11.8 Å². The van der Waals surface area contributed by atoms with E-state index in [1.165, 1.54) is 19.3 Å². The van der Waals surface area contributed by atoms with Crippen LogP contribution in [-0.2, 0) is 9.59 Å². The van der Waals surface area contributed by atoms with Crippen molar-refractivity contribution < 1.29 is 14.7 Å². The number of aliphatic carboxylic acids is 1. The molecule has 0 aromatic carbocycles. The van der Waals surface area contributed by atoms with Gasteiger partial charge in [0, 0.05) is 6.04 Å². The number of hydrogen-bond acceptors (Lipinski definition) is 2. The van der Waals surface area contributed by atoms with E-state index in [0.29, 0.717) is 12.3 Å². The fraction of sp³-hybridized carbons (Fsp3) is 0.867. The summed E-state index contributed by atoms with van der Waals surface area (Å²) in [5, 5.41) is 12.3. The number of rotatable bonds is 4. The molecule has 2 fully saturated rings. The van der Waals surface area contributed by atoms with Gasteiger partial charge in [0.2, 0.25) is 5.91 Å². The second-order valence-electron chi connectivity index (χ2n) is 6.05. The molecule has 1 amide bonds. The van der Waals surface area contributed by atoms with Gasteiger partial charge in [0.1, 0.15) is 0 Å². The van der Waals surface area contributed by atoms with Crippen LogP contribution in [0.3, 0.4) is 0 Å². The van der Waals surface area contributed by atoms with Gasteiger partial charge in [-0.2, -0.15) is 0 Å². The van der Waals surface area contributed by atoms with Gasteiger partial charge >= 0.3 is 5.97 Å². The van der Waals surface area contributed by atoms with Crippen molar-refractivity contribution in [3.05, 3.63) is 0 Å². The fourth-order valence-electron chi connectivity index (χ4n) is 3.75. The second kappa shape index (κ2) is 6.40. The first-order valence-electron chi connectivity index (χ1n) is 7.66. The summed E-state index contributed by atoms with van der Waals surface area (Å²) in [7, 11) is 0. The van der Waals surface area contributed by atoms with Crippen LogP contribution in [0.2, 0.25) is 0 Å². The highest BCUT2D eigenvalue weighted by molar-refractivity contribution is 5.85. The zero-order chi connectivity index (χ0) is 13.8. The summed E-state index contributed by atoms with van der Waals surface area (Å²) >= 11 is 0. The van der Waals surface area contributed by atoms with Crippen molar-refractivity contribution in [3.63, 3.8) is 0 Å². The first kappa shape index (κ1) is 14.4. The summed E-state index contributed by atoms with van der Waals surface area (Å²) in [4.78, 5) is 23.5. The maximum Gasteiger partial charge on any atom is 0.307 e. The lowest BCUT2D eigenvalue weighted by Crippen LogP contribution is -2.45. The van der Waals surface area contributed by atoms with Crippen molar-refractivity contribution in [2.45, 2.75) is 64.3 Å². The van der Waals surface area contributed by atoms with Crippen LogP contribution in [0.1, 0.15) is 58.3 Å². The second-order valence-corrected chi connectivity index (χ2v) is 6.05. The lowest BCUT2D eigenvalue weighted by molar-refractivity contribution is -0.146. The lowest BCUT2D eigenvalue weighted by atomic mass is 9.82. The lowest BCUT2D eigenvalue weighted by Gasteiger charge is -2.32. The maximum atomic E-state index is 12.3. The van der Waals surface area contributed by atoms with E-state index in [1.54, 1.807) is 0 Å². The van der Waals surface area contributed by atoms with Crippen LogP contribution >= 0.6 is 0 Å². The van der Waals surface area contributed by atoms with Crippen LogP contribution < -0.4 is 5.32 Å². The average molecular weight is 267 g/mol. The van der Waals surface area contributed by atoms with E-state index in [-0.39, 0.29) is 17.9 Å². The summed E-state index contributed by atoms with van der Waals surface area (Å²) in [6.07, 6.45) is 8.00. The van der Waals surface area contributed by atoms with E-state index < -0.39 is 11.9 Å². The Morgan fingerprint density at radius 3 is 2.42 bits per heavy atom. The molecule has 4 unspecified atom stereocenters. The Balaban J connectivity index is 1.94. The molecule has 0 bridgehead atoms. The maximum absolute atomic E-state index is 12.3. The van der Waals surface area contributed by atoms with Gasteiger partial charge < -0.3 is 10.4 Å². The predicted octanol–water partition coefficient (Wildman–Crippen LogP) is 2.57. The van der Waals surface area contributed by atoms with Gasteiger partial charge in [0.25, 0.3) is 0 Å². The Labute approximate surface area is 115 Å². The number of carboxylic acids is 1. The first-order chi connectivity index (χ1) is 9.13. The van der Waals surface area contributed by atoms with Crippen LogP contribution in [0, 0.1) is 17.8 Å². The van der Waals surface area contributed by atoms with E-state index in [1.807, 2.05) is 0 Å². The molecule has 2 saturated carbocycles. The fourth-order valence-corrected chi connectivity index (χ4v) is 3.75. The Kier molecular flexibility index (Phi) is 4.83. The zero-order valence-corrected chi connectivity index (χ0v) is 11.7. The quantitative estimate of drug-likeness (QED) is 0.822. The van der Waals surface area contributed by atoms with Crippen LogP contribution in [0.15, 0.2) is 0 Å².